The number of amides is 2. The summed E-state index contributed by atoms with van der Waals surface area (Å²) in [6.07, 6.45) is 2.84. The van der Waals surface area contributed by atoms with Crippen molar-refractivity contribution in [2.75, 3.05) is 5.73 Å². The van der Waals surface area contributed by atoms with Crippen LogP contribution in [0, 0.1) is 6.92 Å². The number of nitrogens with two attached hydrogens (primary N) is 1. The van der Waals surface area contributed by atoms with E-state index in [1.165, 1.54) is 0 Å². The molecule has 2 aromatic rings. The van der Waals surface area contributed by atoms with Crippen molar-refractivity contribution in [1.82, 2.24) is 15.6 Å². The molecule has 0 atom stereocenters. The van der Waals surface area contributed by atoms with E-state index in [9.17, 15) is 9.59 Å². The molecule has 1 aliphatic carbocycles. The number of aryl methyl sites for hydroxylation is 1. The van der Waals surface area contributed by atoms with Gasteiger partial charge in [0.15, 0.2) is 0 Å². The van der Waals surface area contributed by atoms with Crippen LogP contribution in [0.15, 0.2) is 24.3 Å². The maximum atomic E-state index is 12.7. The molecule has 1 heterocycles. The van der Waals surface area contributed by atoms with E-state index in [2.05, 4.69) is 15.6 Å². The fraction of sp³-hybridized carbons (Fsp3) is 0.500. The minimum atomic E-state index is -0.507. The number of aromatic nitrogens is 1. The normalized spacial score (nSPS) is 19.6. The minimum Gasteiger partial charge on any atom is -0.444 e. The Morgan fingerprint density at radius 2 is 1.69 bits per heavy atom. The third-order valence-corrected chi connectivity index (χ3v) is 5.01. The number of hydrogen-bond donors (Lipinski definition) is 3. The molecular weight excluding hydrogens is 368 g/mol. The van der Waals surface area contributed by atoms with Gasteiger partial charge in [-0.2, -0.15) is 0 Å². The van der Waals surface area contributed by atoms with Crippen LogP contribution in [0.2, 0.25) is 0 Å². The highest BCUT2D eigenvalue weighted by Gasteiger charge is 2.25. The lowest BCUT2D eigenvalue weighted by Gasteiger charge is -2.30. The van der Waals surface area contributed by atoms with Crippen LogP contribution >= 0.6 is 0 Å². The molecule has 2 amide bonds. The van der Waals surface area contributed by atoms with Gasteiger partial charge in [0, 0.05) is 34.4 Å². The maximum absolute atomic E-state index is 12.7. The van der Waals surface area contributed by atoms with Crippen molar-refractivity contribution < 1.29 is 14.3 Å². The summed E-state index contributed by atoms with van der Waals surface area (Å²) in [6, 6.07) is 7.37. The summed E-state index contributed by atoms with van der Waals surface area (Å²) in [5, 5.41) is 6.80. The van der Waals surface area contributed by atoms with Crippen LogP contribution in [0.4, 0.5) is 10.5 Å². The zero-order chi connectivity index (χ0) is 21.2. The molecule has 1 fully saturated rings. The number of ether oxygens (including phenoxy) is 1. The first-order valence-corrected chi connectivity index (χ1v) is 10.1. The van der Waals surface area contributed by atoms with E-state index < -0.39 is 5.60 Å². The number of benzene rings is 1. The van der Waals surface area contributed by atoms with E-state index in [1.54, 1.807) is 12.1 Å². The second-order valence-corrected chi connectivity index (χ2v) is 8.75. The van der Waals surface area contributed by atoms with Crippen LogP contribution in [0.1, 0.15) is 62.5 Å². The first-order valence-electron chi connectivity index (χ1n) is 10.1. The lowest BCUT2D eigenvalue weighted by Crippen LogP contribution is -2.45. The van der Waals surface area contributed by atoms with Crippen LogP contribution in [0.3, 0.4) is 0 Å². The quantitative estimate of drug-likeness (QED) is 0.731. The van der Waals surface area contributed by atoms with Gasteiger partial charge in [-0.25, -0.2) is 4.79 Å². The molecule has 0 aliphatic heterocycles. The largest absolute Gasteiger partial charge is 0.444 e. The molecule has 29 heavy (non-hydrogen) atoms. The van der Waals surface area contributed by atoms with Gasteiger partial charge in [0.05, 0.1) is 5.52 Å². The molecule has 0 spiro atoms. The van der Waals surface area contributed by atoms with Crippen molar-refractivity contribution in [3.8, 4) is 0 Å². The van der Waals surface area contributed by atoms with Crippen LogP contribution in [-0.2, 0) is 4.74 Å². The molecule has 7 nitrogen and oxygen atoms in total. The summed E-state index contributed by atoms with van der Waals surface area (Å²) in [5.41, 5.74) is 8.41. The number of rotatable bonds is 3. The van der Waals surface area contributed by atoms with Crippen molar-refractivity contribution in [3.63, 3.8) is 0 Å². The molecule has 4 N–H and O–H groups in total. The van der Waals surface area contributed by atoms with Gasteiger partial charge < -0.3 is 21.1 Å². The van der Waals surface area contributed by atoms with Crippen molar-refractivity contribution >= 4 is 28.6 Å². The molecule has 0 saturated heterocycles. The van der Waals surface area contributed by atoms with Crippen LogP contribution < -0.4 is 16.4 Å². The lowest BCUT2D eigenvalue weighted by atomic mass is 9.91. The number of nitrogens with zero attached hydrogens (tertiary/aromatic N) is 1. The first kappa shape index (κ1) is 20.9. The summed E-state index contributed by atoms with van der Waals surface area (Å²) in [7, 11) is 0. The Labute approximate surface area is 171 Å². The van der Waals surface area contributed by atoms with Gasteiger partial charge in [-0.15, -0.1) is 0 Å². The highest BCUT2D eigenvalue weighted by Crippen LogP contribution is 2.23. The third kappa shape index (κ3) is 5.59. The number of alkyl carbamates (subject to hydrolysis) is 1. The number of carbonyl (C=O) groups excluding carboxylic acids is 2. The molecular formula is C22H30N4O3. The highest BCUT2D eigenvalue weighted by molar-refractivity contribution is 6.00. The van der Waals surface area contributed by atoms with E-state index in [1.807, 2.05) is 39.8 Å². The Hall–Kier alpha value is -2.83. The van der Waals surface area contributed by atoms with Crippen LogP contribution in [-0.4, -0.2) is 34.7 Å². The molecule has 1 aromatic heterocycles. The second-order valence-electron chi connectivity index (χ2n) is 8.75. The Morgan fingerprint density at radius 1 is 1.07 bits per heavy atom. The zero-order valence-electron chi connectivity index (χ0n) is 17.5. The molecule has 7 heteroatoms. The fourth-order valence-corrected chi connectivity index (χ4v) is 3.66. The predicted molar refractivity (Wildman–Crippen MR) is 114 cm³/mol. The second kappa shape index (κ2) is 8.27. The monoisotopic (exact) mass is 398 g/mol. The smallest absolute Gasteiger partial charge is 0.407 e. The fourth-order valence-electron chi connectivity index (χ4n) is 3.66. The summed E-state index contributed by atoms with van der Waals surface area (Å²) >= 11 is 0. The van der Waals surface area contributed by atoms with E-state index in [0.29, 0.717) is 11.3 Å². The predicted octanol–water partition coefficient (Wildman–Crippen LogP) is 3.69. The lowest BCUT2D eigenvalue weighted by molar-refractivity contribution is 0.0488. The standard InChI is InChI=1S/C22H30N4O3/c1-13-11-18(23)17-12-14(5-10-19(17)24-13)20(27)25-15-6-8-16(9-7-15)26-21(28)29-22(2,3)4/h5,10-12,15-16H,6-9H2,1-4H3,(H2,23,24)(H,25,27)(H,26,28). The molecule has 0 radical (unpaired) electrons. The molecule has 1 aromatic carbocycles. The number of pyridine rings is 1. The van der Waals surface area contributed by atoms with Crippen molar-refractivity contribution in [3.05, 3.63) is 35.5 Å². The molecule has 1 saturated carbocycles. The molecule has 0 bridgehead atoms. The van der Waals surface area contributed by atoms with Gasteiger partial charge in [-0.05, 0) is 77.6 Å². The van der Waals surface area contributed by atoms with Crippen LogP contribution in [0.25, 0.3) is 10.9 Å². The van der Waals surface area contributed by atoms with Gasteiger partial charge in [-0.3, -0.25) is 9.78 Å². The van der Waals surface area contributed by atoms with Gasteiger partial charge in [0.25, 0.3) is 5.91 Å². The number of nitrogens with one attached hydrogen (secondary N) is 2. The Morgan fingerprint density at radius 3 is 2.31 bits per heavy atom. The topological polar surface area (TPSA) is 106 Å². The van der Waals surface area contributed by atoms with Gasteiger partial charge in [0.1, 0.15) is 5.60 Å². The number of anilines is 1. The number of nitrogen functional groups attached to an aromatic ring is 1. The Bertz CT molecular complexity index is 912. The molecule has 0 unspecified atom stereocenters. The SMILES string of the molecule is Cc1cc(N)c2cc(C(=O)NC3CCC(NC(=O)OC(C)(C)C)CC3)ccc2n1. The van der Waals surface area contributed by atoms with Crippen molar-refractivity contribution in [2.45, 2.75) is 71.1 Å². The van der Waals surface area contributed by atoms with Gasteiger partial charge in [0.2, 0.25) is 0 Å². The van der Waals surface area contributed by atoms with E-state index in [0.717, 1.165) is 42.3 Å². The average molecular weight is 399 g/mol. The number of hydrogen-bond acceptors (Lipinski definition) is 5. The van der Waals surface area contributed by atoms with Crippen molar-refractivity contribution in [2.24, 2.45) is 0 Å². The molecule has 1 aliphatic rings. The summed E-state index contributed by atoms with van der Waals surface area (Å²) in [5.74, 6) is -0.115. The van der Waals surface area contributed by atoms with E-state index in [-0.39, 0.29) is 24.1 Å². The zero-order valence-corrected chi connectivity index (χ0v) is 17.5. The number of carbonyl (C=O) groups is 2. The summed E-state index contributed by atoms with van der Waals surface area (Å²) < 4.78 is 5.31. The van der Waals surface area contributed by atoms with Gasteiger partial charge >= 0.3 is 6.09 Å². The third-order valence-electron chi connectivity index (χ3n) is 5.01. The Kier molecular flexibility index (Phi) is 5.96. The maximum Gasteiger partial charge on any atom is 0.407 e. The highest BCUT2D eigenvalue weighted by atomic mass is 16.6. The minimum absolute atomic E-state index is 0.0767. The van der Waals surface area contributed by atoms with Crippen LogP contribution in [0.5, 0.6) is 0 Å². The first-order chi connectivity index (χ1) is 13.6. The summed E-state index contributed by atoms with van der Waals surface area (Å²) in [6.45, 7) is 7.42. The molecule has 156 valence electrons. The number of fused-ring (bicyclic) bond motifs is 1. The van der Waals surface area contributed by atoms with E-state index >= 15 is 0 Å². The van der Waals surface area contributed by atoms with E-state index in [4.69, 9.17) is 10.5 Å². The van der Waals surface area contributed by atoms with Gasteiger partial charge in [-0.1, -0.05) is 0 Å². The Balaban J connectivity index is 1.55. The molecule has 3 rings (SSSR count). The van der Waals surface area contributed by atoms with Crippen molar-refractivity contribution in [1.29, 1.82) is 0 Å². The summed E-state index contributed by atoms with van der Waals surface area (Å²) in [4.78, 5) is 29.0. The average Bonchev–Trinajstić information content (AvgIpc) is 2.61.